The van der Waals surface area contributed by atoms with Gasteiger partial charge in [-0.05, 0) is 42.0 Å². The Morgan fingerprint density at radius 2 is 1.67 bits per heavy atom. The summed E-state index contributed by atoms with van der Waals surface area (Å²) in [7, 11) is 0. The average molecular weight is 367 g/mol. The highest BCUT2D eigenvalue weighted by atomic mass is 16.2. The maximum absolute atomic E-state index is 12.5. The predicted octanol–water partition coefficient (Wildman–Crippen LogP) is 4.80. The van der Waals surface area contributed by atoms with E-state index in [4.69, 9.17) is 0 Å². The van der Waals surface area contributed by atoms with Crippen molar-refractivity contribution in [3.63, 3.8) is 0 Å². The molecule has 0 saturated carbocycles. The van der Waals surface area contributed by atoms with E-state index in [1.54, 1.807) is 11.8 Å². The minimum absolute atomic E-state index is 0.0233. The highest BCUT2D eigenvalue weighted by molar-refractivity contribution is 5.92. The first kappa shape index (κ1) is 20.7. The number of carbonyl (C=O) groups excluding carboxylic acids is 2. The molecule has 27 heavy (non-hydrogen) atoms. The largest absolute Gasteiger partial charge is 0.338 e. The van der Waals surface area contributed by atoms with E-state index in [0.29, 0.717) is 19.0 Å². The number of benzene rings is 2. The maximum atomic E-state index is 12.5. The number of rotatable bonds is 7. The quantitative estimate of drug-likeness (QED) is 0.765. The number of carbonyl (C=O) groups is 2. The van der Waals surface area contributed by atoms with Gasteiger partial charge in [0.1, 0.15) is 0 Å². The molecule has 144 valence electrons. The van der Waals surface area contributed by atoms with E-state index in [9.17, 15) is 9.59 Å². The SMILES string of the molecule is CC(=O)N(CCC(=O)Nc1c(C)cccc1C(C)C)Cc1ccccc1C. The Morgan fingerprint density at radius 3 is 2.30 bits per heavy atom. The third-order valence-electron chi connectivity index (χ3n) is 4.87. The van der Waals surface area contributed by atoms with Crippen LogP contribution in [-0.4, -0.2) is 23.3 Å². The van der Waals surface area contributed by atoms with Crippen LogP contribution in [0.5, 0.6) is 0 Å². The van der Waals surface area contributed by atoms with E-state index in [2.05, 4.69) is 19.2 Å². The number of amides is 2. The van der Waals surface area contributed by atoms with Crippen molar-refractivity contribution in [1.29, 1.82) is 0 Å². The first-order valence-corrected chi connectivity index (χ1v) is 9.49. The lowest BCUT2D eigenvalue weighted by Gasteiger charge is -2.22. The summed E-state index contributed by atoms with van der Waals surface area (Å²) in [4.78, 5) is 26.3. The fraction of sp³-hybridized carbons (Fsp3) is 0.391. The van der Waals surface area contributed by atoms with Crippen LogP contribution in [0, 0.1) is 13.8 Å². The zero-order valence-corrected chi connectivity index (χ0v) is 17.0. The Bertz CT molecular complexity index is 812. The summed E-state index contributed by atoms with van der Waals surface area (Å²) in [6.07, 6.45) is 0.275. The first-order valence-electron chi connectivity index (χ1n) is 9.49. The molecule has 0 spiro atoms. The van der Waals surface area contributed by atoms with Gasteiger partial charge in [0.2, 0.25) is 11.8 Å². The fourth-order valence-electron chi connectivity index (χ4n) is 3.12. The molecule has 0 saturated heterocycles. The van der Waals surface area contributed by atoms with Crippen molar-refractivity contribution in [2.45, 2.75) is 53.5 Å². The topological polar surface area (TPSA) is 49.4 Å². The van der Waals surface area contributed by atoms with Gasteiger partial charge >= 0.3 is 0 Å². The Kier molecular flexibility index (Phi) is 7.17. The van der Waals surface area contributed by atoms with Crippen LogP contribution in [0.25, 0.3) is 0 Å². The van der Waals surface area contributed by atoms with Crippen molar-refractivity contribution < 1.29 is 9.59 Å². The normalized spacial score (nSPS) is 10.7. The van der Waals surface area contributed by atoms with Crippen LogP contribution in [0.3, 0.4) is 0 Å². The highest BCUT2D eigenvalue weighted by Crippen LogP contribution is 2.27. The van der Waals surface area contributed by atoms with Crippen molar-refractivity contribution in [1.82, 2.24) is 4.90 Å². The maximum Gasteiger partial charge on any atom is 0.226 e. The summed E-state index contributed by atoms with van der Waals surface area (Å²) in [5.41, 5.74) is 5.33. The summed E-state index contributed by atoms with van der Waals surface area (Å²) in [6, 6.07) is 14.1. The molecular weight excluding hydrogens is 336 g/mol. The number of aryl methyl sites for hydroxylation is 2. The molecule has 2 amide bonds. The molecule has 0 radical (unpaired) electrons. The molecule has 0 bridgehead atoms. The summed E-state index contributed by atoms with van der Waals surface area (Å²) < 4.78 is 0. The zero-order chi connectivity index (χ0) is 20.0. The molecule has 0 fully saturated rings. The van der Waals surface area contributed by atoms with Crippen molar-refractivity contribution >= 4 is 17.5 Å². The molecule has 2 aromatic rings. The minimum Gasteiger partial charge on any atom is -0.338 e. The smallest absolute Gasteiger partial charge is 0.226 e. The molecule has 0 aliphatic heterocycles. The number of para-hydroxylation sites is 1. The zero-order valence-electron chi connectivity index (χ0n) is 17.0. The van der Waals surface area contributed by atoms with Crippen LogP contribution < -0.4 is 5.32 Å². The lowest BCUT2D eigenvalue weighted by atomic mass is 9.98. The number of hydrogen-bond acceptors (Lipinski definition) is 2. The van der Waals surface area contributed by atoms with Crippen molar-refractivity contribution in [3.8, 4) is 0 Å². The Labute approximate surface area is 162 Å². The van der Waals surface area contributed by atoms with Crippen molar-refractivity contribution in [3.05, 3.63) is 64.7 Å². The van der Waals surface area contributed by atoms with Crippen LogP contribution in [0.4, 0.5) is 5.69 Å². The van der Waals surface area contributed by atoms with E-state index in [1.165, 1.54) is 0 Å². The van der Waals surface area contributed by atoms with Crippen LogP contribution >= 0.6 is 0 Å². The van der Waals surface area contributed by atoms with E-state index >= 15 is 0 Å². The van der Waals surface area contributed by atoms with Gasteiger partial charge in [0, 0.05) is 32.1 Å². The van der Waals surface area contributed by atoms with Crippen LogP contribution in [0.1, 0.15) is 55.4 Å². The Balaban J connectivity index is 2.03. The molecular formula is C23H30N2O2. The van der Waals surface area contributed by atoms with Gasteiger partial charge in [-0.2, -0.15) is 0 Å². The Morgan fingerprint density at radius 1 is 1.00 bits per heavy atom. The van der Waals surface area contributed by atoms with E-state index < -0.39 is 0 Å². The van der Waals surface area contributed by atoms with Gasteiger partial charge in [0.25, 0.3) is 0 Å². The second-order valence-corrected chi connectivity index (χ2v) is 7.36. The summed E-state index contributed by atoms with van der Waals surface area (Å²) in [5, 5.41) is 3.05. The average Bonchev–Trinajstić information content (AvgIpc) is 2.61. The minimum atomic E-state index is -0.0674. The van der Waals surface area contributed by atoms with E-state index in [0.717, 1.165) is 27.9 Å². The van der Waals surface area contributed by atoms with Gasteiger partial charge in [-0.1, -0.05) is 56.3 Å². The van der Waals surface area contributed by atoms with Gasteiger partial charge in [-0.15, -0.1) is 0 Å². The number of anilines is 1. The van der Waals surface area contributed by atoms with Crippen molar-refractivity contribution in [2.24, 2.45) is 0 Å². The molecule has 2 rings (SSSR count). The second kappa shape index (κ2) is 9.36. The molecule has 0 aliphatic rings. The monoisotopic (exact) mass is 366 g/mol. The predicted molar refractivity (Wildman–Crippen MR) is 111 cm³/mol. The van der Waals surface area contributed by atoms with Crippen molar-refractivity contribution in [2.75, 3.05) is 11.9 Å². The number of nitrogens with one attached hydrogen (secondary N) is 1. The molecule has 0 unspecified atom stereocenters. The highest BCUT2D eigenvalue weighted by Gasteiger charge is 2.15. The van der Waals surface area contributed by atoms with Gasteiger partial charge in [0.05, 0.1) is 0 Å². The van der Waals surface area contributed by atoms with E-state index in [1.807, 2.05) is 56.3 Å². The molecule has 1 N–H and O–H groups in total. The number of hydrogen-bond donors (Lipinski definition) is 1. The molecule has 0 atom stereocenters. The lowest BCUT2D eigenvalue weighted by Crippen LogP contribution is -2.32. The third kappa shape index (κ3) is 5.68. The summed E-state index contributed by atoms with van der Waals surface area (Å²) in [5.74, 6) is 0.238. The van der Waals surface area contributed by atoms with Crippen LogP contribution in [0.2, 0.25) is 0 Å². The third-order valence-corrected chi connectivity index (χ3v) is 4.87. The van der Waals surface area contributed by atoms with Crippen LogP contribution in [-0.2, 0) is 16.1 Å². The first-order chi connectivity index (χ1) is 12.8. The van der Waals surface area contributed by atoms with Gasteiger partial charge in [-0.25, -0.2) is 0 Å². The van der Waals surface area contributed by atoms with E-state index in [-0.39, 0.29) is 18.2 Å². The molecule has 2 aromatic carbocycles. The molecule has 0 aliphatic carbocycles. The fourth-order valence-corrected chi connectivity index (χ4v) is 3.12. The molecule has 4 nitrogen and oxygen atoms in total. The molecule has 0 aromatic heterocycles. The van der Waals surface area contributed by atoms with Gasteiger partial charge in [-0.3, -0.25) is 9.59 Å². The molecule has 4 heteroatoms. The second-order valence-electron chi connectivity index (χ2n) is 7.36. The summed E-state index contributed by atoms with van der Waals surface area (Å²) in [6.45, 7) is 10.7. The lowest BCUT2D eigenvalue weighted by molar-refractivity contribution is -0.129. The van der Waals surface area contributed by atoms with Gasteiger partial charge in [0.15, 0.2) is 0 Å². The summed E-state index contributed by atoms with van der Waals surface area (Å²) >= 11 is 0. The standard InChI is InChI=1S/C23H30N2O2/c1-16(2)21-12-8-10-18(4)23(21)24-22(27)13-14-25(19(5)26)15-20-11-7-6-9-17(20)3/h6-12,16H,13-15H2,1-5H3,(H,24,27). The number of nitrogens with zero attached hydrogens (tertiary/aromatic N) is 1. The van der Waals surface area contributed by atoms with Crippen LogP contribution in [0.15, 0.2) is 42.5 Å². The molecule has 0 heterocycles. The van der Waals surface area contributed by atoms with Gasteiger partial charge < -0.3 is 10.2 Å². The Hall–Kier alpha value is -2.62.